The predicted octanol–water partition coefficient (Wildman–Crippen LogP) is 4.21. The summed E-state index contributed by atoms with van der Waals surface area (Å²) in [7, 11) is -3.16. The Kier molecular flexibility index (Phi) is 7.55. The molecule has 2 aromatic heterocycles. The van der Waals surface area contributed by atoms with E-state index in [1.807, 2.05) is 31.3 Å². The van der Waals surface area contributed by atoms with Gasteiger partial charge in [-0.15, -0.1) is 0 Å². The Labute approximate surface area is 207 Å². The van der Waals surface area contributed by atoms with Crippen molar-refractivity contribution in [3.8, 4) is 6.07 Å². The lowest BCUT2D eigenvalue weighted by atomic mass is 10.0. The number of aryl methyl sites for hydroxylation is 2. The second kappa shape index (κ2) is 10.6. The lowest BCUT2D eigenvalue weighted by Gasteiger charge is -2.31. The molecule has 0 saturated carbocycles. The lowest BCUT2D eigenvalue weighted by molar-refractivity contribution is 0.211. The highest BCUT2D eigenvalue weighted by Crippen LogP contribution is 2.32. The van der Waals surface area contributed by atoms with Crippen molar-refractivity contribution < 1.29 is 8.42 Å². The number of nitrogens with one attached hydrogen (secondary N) is 3. The zero-order valence-electron chi connectivity index (χ0n) is 20.4. The van der Waals surface area contributed by atoms with E-state index in [9.17, 15) is 13.7 Å². The lowest BCUT2D eigenvalue weighted by Crippen LogP contribution is -2.44. The highest BCUT2D eigenvalue weighted by Gasteiger charge is 2.21. The average molecular weight is 493 g/mol. The summed E-state index contributed by atoms with van der Waals surface area (Å²) in [5, 5.41) is 14.4. The van der Waals surface area contributed by atoms with Gasteiger partial charge in [-0.25, -0.2) is 13.1 Å². The normalized spacial score (nSPS) is 15.6. The molecular weight excluding hydrogens is 460 g/mol. The standard InChI is InChI=1S/C26H32N6O2S/c1-18-22-9-12-28-25(22)8-7-24(18)30-26-20(16-27)17-29-19(2)23(26)6-4-5-13-32-14-10-21(11-15-32)31-35(3,33)34/h4,6-9,12,17,21,28,31H,5,10-11,13-15H2,1-3H3,(H,29,30). The molecule has 0 bridgehead atoms. The minimum atomic E-state index is -3.16. The van der Waals surface area contributed by atoms with Crippen molar-refractivity contribution in [2.24, 2.45) is 0 Å². The highest BCUT2D eigenvalue weighted by atomic mass is 32.2. The molecule has 0 aliphatic carbocycles. The molecule has 8 nitrogen and oxygen atoms in total. The summed E-state index contributed by atoms with van der Waals surface area (Å²) in [5.74, 6) is 0. The van der Waals surface area contributed by atoms with Crippen LogP contribution in [-0.2, 0) is 10.0 Å². The van der Waals surface area contributed by atoms with Crippen LogP contribution in [-0.4, -0.2) is 55.2 Å². The van der Waals surface area contributed by atoms with Crippen LogP contribution in [0.15, 0.2) is 36.7 Å². The number of aromatic nitrogens is 2. The van der Waals surface area contributed by atoms with E-state index in [2.05, 4.69) is 50.0 Å². The van der Waals surface area contributed by atoms with Crippen LogP contribution in [0.4, 0.5) is 11.4 Å². The molecule has 3 heterocycles. The van der Waals surface area contributed by atoms with Gasteiger partial charge in [0.1, 0.15) is 6.07 Å². The van der Waals surface area contributed by atoms with Crippen LogP contribution in [0.5, 0.6) is 0 Å². The fourth-order valence-electron chi connectivity index (χ4n) is 4.63. The van der Waals surface area contributed by atoms with Crippen LogP contribution in [0.2, 0.25) is 0 Å². The maximum Gasteiger partial charge on any atom is 0.208 e. The molecule has 0 atom stereocenters. The first kappa shape index (κ1) is 24.9. The maximum absolute atomic E-state index is 11.4. The molecular formula is C26H32N6O2S. The van der Waals surface area contributed by atoms with E-state index in [0.29, 0.717) is 5.56 Å². The summed E-state index contributed by atoms with van der Waals surface area (Å²) >= 11 is 0. The molecule has 1 fully saturated rings. The topological polar surface area (TPSA) is 114 Å². The van der Waals surface area contributed by atoms with Gasteiger partial charge in [-0.2, -0.15) is 5.26 Å². The number of aromatic amines is 1. The summed E-state index contributed by atoms with van der Waals surface area (Å²) in [6.07, 6.45) is 11.4. The second-order valence-corrected chi connectivity index (χ2v) is 10.9. The molecule has 1 aliphatic heterocycles. The molecule has 35 heavy (non-hydrogen) atoms. The Hall–Kier alpha value is -3.19. The third-order valence-electron chi connectivity index (χ3n) is 6.56. The predicted molar refractivity (Wildman–Crippen MR) is 141 cm³/mol. The number of sulfonamides is 1. The fraction of sp³-hybridized carbons (Fsp3) is 0.385. The van der Waals surface area contributed by atoms with Crippen LogP contribution >= 0.6 is 0 Å². The Morgan fingerprint density at radius 1 is 1.26 bits per heavy atom. The van der Waals surface area contributed by atoms with E-state index in [0.717, 1.165) is 78.0 Å². The highest BCUT2D eigenvalue weighted by molar-refractivity contribution is 7.88. The van der Waals surface area contributed by atoms with Gasteiger partial charge in [0, 0.05) is 52.8 Å². The van der Waals surface area contributed by atoms with Crippen molar-refractivity contribution in [2.75, 3.05) is 31.2 Å². The summed E-state index contributed by atoms with van der Waals surface area (Å²) in [6.45, 7) is 6.67. The number of fused-ring (bicyclic) bond motifs is 1. The van der Waals surface area contributed by atoms with E-state index in [1.165, 1.54) is 6.26 Å². The van der Waals surface area contributed by atoms with E-state index >= 15 is 0 Å². The number of hydrogen-bond donors (Lipinski definition) is 3. The van der Waals surface area contributed by atoms with Gasteiger partial charge >= 0.3 is 0 Å². The molecule has 184 valence electrons. The van der Waals surface area contributed by atoms with Gasteiger partial charge in [0.05, 0.1) is 17.5 Å². The summed E-state index contributed by atoms with van der Waals surface area (Å²) < 4.78 is 25.6. The third kappa shape index (κ3) is 6.09. The van der Waals surface area contributed by atoms with Crippen LogP contribution in [0, 0.1) is 25.2 Å². The SMILES string of the molecule is Cc1ncc(C#N)c(Nc2ccc3[nH]ccc3c2C)c1C=CCCN1CCC(NS(C)(=O)=O)CC1. The number of likely N-dealkylation sites (tertiary alicyclic amines) is 1. The monoisotopic (exact) mass is 492 g/mol. The van der Waals surface area contributed by atoms with Crippen molar-refractivity contribution in [1.82, 2.24) is 19.6 Å². The van der Waals surface area contributed by atoms with Gasteiger partial charge < -0.3 is 15.2 Å². The van der Waals surface area contributed by atoms with Crippen molar-refractivity contribution in [3.05, 3.63) is 59.1 Å². The van der Waals surface area contributed by atoms with Gasteiger partial charge in [-0.05, 0) is 70.0 Å². The molecule has 0 radical (unpaired) electrons. The minimum Gasteiger partial charge on any atom is -0.361 e. The number of benzene rings is 1. The summed E-state index contributed by atoms with van der Waals surface area (Å²) in [4.78, 5) is 10.0. The quantitative estimate of drug-likeness (QED) is 0.434. The van der Waals surface area contributed by atoms with Gasteiger partial charge in [0.25, 0.3) is 0 Å². The molecule has 0 spiro atoms. The van der Waals surface area contributed by atoms with Crippen LogP contribution < -0.4 is 10.0 Å². The first-order valence-electron chi connectivity index (χ1n) is 11.8. The number of nitriles is 1. The van der Waals surface area contributed by atoms with Crippen molar-refractivity contribution in [3.63, 3.8) is 0 Å². The van der Waals surface area contributed by atoms with E-state index in [1.54, 1.807) is 6.20 Å². The fourth-order valence-corrected chi connectivity index (χ4v) is 5.48. The number of anilines is 2. The molecule has 1 saturated heterocycles. The minimum absolute atomic E-state index is 0.0295. The number of rotatable bonds is 8. The molecule has 9 heteroatoms. The largest absolute Gasteiger partial charge is 0.361 e. The van der Waals surface area contributed by atoms with Gasteiger partial charge in [0.2, 0.25) is 10.0 Å². The molecule has 0 amide bonds. The van der Waals surface area contributed by atoms with Crippen LogP contribution in [0.25, 0.3) is 17.0 Å². The molecule has 3 aromatic rings. The molecule has 0 unspecified atom stereocenters. The first-order valence-corrected chi connectivity index (χ1v) is 13.7. The number of piperidine rings is 1. The van der Waals surface area contributed by atoms with Gasteiger partial charge in [-0.1, -0.05) is 12.2 Å². The zero-order chi connectivity index (χ0) is 25.0. The first-order chi connectivity index (χ1) is 16.7. The van der Waals surface area contributed by atoms with E-state index in [-0.39, 0.29) is 6.04 Å². The Bertz CT molecular complexity index is 1380. The van der Waals surface area contributed by atoms with Crippen molar-refractivity contribution in [1.29, 1.82) is 5.26 Å². The van der Waals surface area contributed by atoms with Crippen molar-refractivity contribution >= 4 is 38.4 Å². The number of pyridine rings is 1. The Balaban J connectivity index is 1.45. The van der Waals surface area contributed by atoms with Crippen molar-refractivity contribution in [2.45, 2.75) is 39.2 Å². The smallest absolute Gasteiger partial charge is 0.208 e. The molecule has 4 rings (SSSR count). The average Bonchev–Trinajstić information content (AvgIpc) is 3.30. The number of nitrogens with zero attached hydrogens (tertiary/aromatic N) is 3. The zero-order valence-corrected chi connectivity index (χ0v) is 21.2. The van der Waals surface area contributed by atoms with Gasteiger partial charge in [-0.3, -0.25) is 4.98 Å². The third-order valence-corrected chi connectivity index (χ3v) is 7.33. The maximum atomic E-state index is 11.4. The Morgan fingerprint density at radius 2 is 2.03 bits per heavy atom. The molecule has 1 aliphatic rings. The van der Waals surface area contributed by atoms with E-state index < -0.39 is 10.0 Å². The van der Waals surface area contributed by atoms with E-state index in [4.69, 9.17) is 0 Å². The second-order valence-electron chi connectivity index (χ2n) is 9.16. The van der Waals surface area contributed by atoms with Crippen LogP contribution in [0.3, 0.4) is 0 Å². The summed E-state index contributed by atoms with van der Waals surface area (Å²) in [5.41, 5.74) is 6.19. The Morgan fingerprint density at radius 3 is 2.74 bits per heavy atom. The number of H-pyrrole nitrogens is 1. The molecule has 3 N–H and O–H groups in total. The van der Waals surface area contributed by atoms with Crippen LogP contribution in [0.1, 0.15) is 41.6 Å². The van der Waals surface area contributed by atoms with Gasteiger partial charge in [0.15, 0.2) is 0 Å². The summed E-state index contributed by atoms with van der Waals surface area (Å²) in [6, 6.07) is 8.43. The number of hydrogen-bond acceptors (Lipinski definition) is 6. The molecule has 1 aromatic carbocycles.